The van der Waals surface area contributed by atoms with Crippen LogP contribution >= 0.6 is 46.4 Å². The average Bonchev–Trinajstić information content (AvgIpc) is 3.44. The largest absolute Gasteiger partial charge is 0.441 e. The SMILES string of the molecule is Cn1ncc(Cl)c1-c1cc(C(=O)C[C@@H]2CNC(CCNCC(O)CO)C[C@H]2c2ccc(Cl)c(Cl)c2)oc1Cl. The summed E-state index contributed by atoms with van der Waals surface area (Å²) in [5.41, 5.74) is 2.12. The Morgan fingerprint density at radius 3 is 2.71 bits per heavy atom. The number of Topliss-reactive ketones (excluding diaryl/α,β-unsaturated/α-hetero) is 1. The Hall–Kier alpha value is -1.62. The van der Waals surface area contributed by atoms with Crippen LogP contribution in [0.4, 0.5) is 0 Å². The van der Waals surface area contributed by atoms with Gasteiger partial charge in [0.05, 0.1) is 45.2 Å². The van der Waals surface area contributed by atoms with Gasteiger partial charge in [0.25, 0.3) is 0 Å². The van der Waals surface area contributed by atoms with Crippen LogP contribution in [0.3, 0.4) is 0 Å². The number of carbonyl (C=O) groups excluding carboxylic acids is 1. The van der Waals surface area contributed by atoms with Gasteiger partial charge in [-0.05, 0) is 73.1 Å². The first kappa shape index (κ1) is 29.4. The summed E-state index contributed by atoms with van der Waals surface area (Å²) in [6.07, 6.45) is 2.58. The zero-order chi connectivity index (χ0) is 27.4. The summed E-state index contributed by atoms with van der Waals surface area (Å²) in [5, 5.41) is 30.8. The number of aryl methyl sites for hydroxylation is 1. The lowest BCUT2D eigenvalue weighted by Gasteiger charge is -2.37. The van der Waals surface area contributed by atoms with Crippen molar-refractivity contribution in [1.82, 2.24) is 20.4 Å². The van der Waals surface area contributed by atoms with Crippen LogP contribution in [-0.2, 0) is 7.05 Å². The monoisotopic (exact) mass is 602 g/mol. The van der Waals surface area contributed by atoms with E-state index in [1.54, 1.807) is 23.9 Å². The van der Waals surface area contributed by atoms with Crippen LogP contribution in [0.1, 0.15) is 41.3 Å². The maximum atomic E-state index is 13.4. The van der Waals surface area contributed by atoms with Crippen molar-refractivity contribution in [3.63, 3.8) is 0 Å². The third kappa shape index (κ3) is 6.92. The number of benzene rings is 1. The highest BCUT2D eigenvalue weighted by molar-refractivity contribution is 6.42. The highest BCUT2D eigenvalue weighted by atomic mass is 35.5. The fraction of sp³-hybridized carbons (Fsp3) is 0.462. The third-order valence-electron chi connectivity index (χ3n) is 6.97. The minimum Gasteiger partial charge on any atom is -0.441 e. The minimum absolute atomic E-state index is 0.0206. The lowest BCUT2D eigenvalue weighted by atomic mass is 9.75. The average molecular weight is 604 g/mol. The Morgan fingerprint density at radius 2 is 2.03 bits per heavy atom. The molecule has 0 saturated carbocycles. The molecule has 4 rings (SSSR count). The number of aromatic nitrogens is 2. The van der Waals surface area contributed by atoms with Gasteiger partial charge in [0.15, 0.2) is 11.5 Å². The summed E-state index contributed by atoms with van der Waals surface area (Å²) in [4.78, 5) is 13.4. The predicted molar refractivity (Wildman–Crippen MR) is 150 cm³/mol. The predicted octanol–water partition coefficient (Wildman–Crippen LogP) is 4.96. The Morgan fingerprint density at radius 1 is 1.24 bits per heavy atom. The van der Waals surface area contributed by atoms with Crippen molar-refractivity contribution in [3.05, 3.63) is 62.1 Å². The van der Waals surface area contributed by atoms with E-state index >= 15 is 0 Å². The van der Waals surface area contributed by atoms with Crippen molar-refractivity contribution in [2.45, 2.75) is 37.3 Å². The number of carbonyl (C=O) groups is 1. The van der Waals surface area contributed by atoms with E-state index in [1.807, 2.05) is 12.1 Å². The number of aliphatic hydroxyl groups excluding tert-OH is 2. The smallest absolute Gasteiger partial charge is 0.203 e. The number of nitrogens with zero attached hydrogens (tertiary/aromatic N) is 2. The van der Waals surface area contributed by atoms with Gasteiger partial charge in [0, 0.05) is 26.1 Å². The van der Waals surface area contributed by atoms with Crippen molar-refractivity contribution < 1.29 is 19.4 Å². The highest BCUT2D eigenvalue weighted by Gasteiger charge is 2.34. The van der Waals surface area contributed by atoms with Crippen LogP contribution in [-0.4, -0.2) is 64.2 Å². The zero-order valence-electron chi connectivity index (χ0n) is 20.8. The van der Waals surface area contributed by atoms with Crippen molar-refractivity contribution in [2.75, 3.05) is 26.2 Å². The molecule has 0 spiro atoms. The lowest BCUT2D eigenvalue weighted by molar-refractivity contribution is 0.0908. The molecule has 1 fully saturated rings. The molecule has 2 aromatic heterocycles. The molecule has 206 valence electrons. The Labute approximate surface area is 241 Å². The normalized spacial score (nSPS) is 20.6. The van der Waals surface area contributed by atoms with Gasteiger partial charge in [0.2, 0.25) is 5.22 Å². The van der Waals surface area contributed by atoms with Gasteiger partial charge in [-0.25, -0.2) is 0 Å². The fourth-order valence-corrected chi connectivity index (χ4v) is 5.76. The summed E-state index contributed by atoms with van der Waals surface area (Å²) in [6, 6.07) is 7.42. The molecule has 0 amide bonds. The summed E-state index contributed by atoms with van der Waals surface area (Å²) in [5.74, 6) is 0.0440. The molecule has 0 bridgehead atoms. The first-order valence-corrected chi connectivity index (χ1v) is 13.9. The summed E-state index contributed by atoms with van der Waals surface area (Å²) >= 11 is 25.1. The second-order valence-electron chi connectivity index (χ2n) is 9.60. The molecule has 8 nitrogen and oxygen atoms in total. The van der Waals surface area contributed by atoms with Gasteiger partial charge in [-0.1, -0.05) is 40.9 Å². The molecule has 0 radical (unpaired) electrons. The summed E-state index contributed by atoms with van der Waals surface area (Å²) in [7, 11) is 1.74. The quantitative estimate of drug-likeness (QED) is 0.181. The number of halogens is 4. The maximum absolute atomic E-state index is 13.4. The first-order chi connectivity index (χ1) is 18.2. The molecular weight excluding hydrogens is 574 g/mol. The first-order valence-electron chi connectivity index (χ1n) is 12.4. The highest BCUT2D eigenvalue weighted by Crippen LogP contribution is 2.40. The van der Waals surface area contributed by atoms with E-state index in [9.17, 15) is 9.90 Å². The van der Waals surface area contributed by atoms with Gasteiger partial charge >= 0.3 is 0 Å². The van der Waals surface area contributed by atoms with Gasteiger partial charge in [-0.15, -0.1) is 0 Å². The number of ketones is 1. The van der Waals surface area contributed by atoms with Crippen LogP contribution in [0.15, 0.2) is 34.9 Å². The molecule has 1 saturated heterocycles. The number of nitrogens with one attached hydrogen (secondary N) is 2. The molecule has 38 heavy (non-hydrogen) atoms. The Bertz CT molecular complexity index is 1240. The van der Waals surface area contributed by atoms with E-state index < -0.39 is 6.10 Å². The zero-order valence-corrected chi connectivity index (χ0v) is 23.8. The molecule has 3 aromatic rings. The van der Waals surface area contributed by atoms with E-state index in [0.29, 0.717) is 46.0 Å². The van der Waals surface area contributed by atoms with Crippen LogP contribution in [0.25, 0.3) is 11.3 Å². The van der Waals surface area contributed by atoms with Crippen LogP contribution in [0, 0.1) is 5.92 Å². The molecule has 3 heterocycles. The molecule has 4 N–H and O–H groups in total. The van der Waals surface area contributed by atoms with E-state index in [4.69, 9.17) is 55.9 Å². The summed E-state index contributed by atoms with van der Waals surface area (Å²) < 4.78 is 7.23. The molecule has 4 atom stereocenters. The van der Waals surface area contributed by atoms with Gasteiger partial charge in [-0.2, -0.15) is 5.10 Å². The molecule has 1 aliphatic rings. The van der Waals surface area contributed by atoms with E-state index in [0.717, 1.165) is 18.4 Å². The number of rotatable bonds is 11. The standard InChI is InChI=1S/C26H30Cl4N4O4/c1-34-25(22(29)12-33-34)19-9-24(38-26(19)30)23(37)7-15-10-32-16(4-5-31-11-17(36)13-35)8-18(15)14-2-3-20(27)21(28)6-14/h2-3,6,9,12,15-18,31-32,35-36H,4-5,7-8,10-11,13H2,1H3/t15-,16?,17?,18+/m1/s1. The summed E-state index contributed by atoms with van der Waals surface area (Å²) in [6.45, 7) is 1.35. The molecule has 1 aromatic carbocycles. The Kier molecular flexibility index (Phi) is 10.2. The van der Waals surface area contributed by atoms with Gasteiger partial charge in [-0.3, -0.25) is 9.48 Å². The second-order valence-corrected chi connectivity index (χ2v) is 11.2. The maximum Gasteiger partial charge on any atom is 0.203 e. The molecular formula is C26H30Cl4N4O4. The van der Waals surface area contributed by atoms with Crippen LogP contribution in [0.5, 0.6) is 0 Å². The molecule has 2 unspecified atom stereocenters. The number of hydrogen-bond acceptors (Lipinski definition) is 7. The molecule has 12 heteroatoms. The number of hydrogen-bond donors (Lipinski definition) is 4. The third-order valence-corrected chi connectivity index (χ3v) is 8.26. The van der Waals surface area contributed by atoms with Crippen molar-refractivity contribution in [2.24, 2.45) is 13.0 Å². The lowest BCUT2D eigenvalue weighted by Crippen LogP contribution is -2.45. The fourth-order valence-electron chi connectivity index (χ4n) is 4.96. The number of piperidine rings is 1. The number of furan rings is 1. The van der Waals surface area contributed by atoms with Crippen molar-refractivity contribution >= 4 is 52.2 Å². The molecule has 0 aliphatic carbocycles. The topological polar surface area (TPSA) is 113 Å². The van der Waals surface area contributed by atoms with E-state index in [1.165, 1.54) is 6.20 Å². The van der Waals surface area contributed by atoms with Crippen molar-refractivity contribution in [1.29, 1.82) is 0 Å². The van der Waals surface area contributed by atoms with Gasteiger partial charge < -0.3 is 25.3 Å². The van der Waals surface area contributed by atoms with Gasteiger partial charge in [0.1, 0.15) is 0 Å². The second kappa shape index (κ2) is 13.2. The Balaban J connectivity index is 1.49. The molecule has 1 aliphatic heterocycles. The van der Waals surface area contributed by atoms with E-state index in [2.05, 4.69) is 15.7 Å². The van der Waals surface area contributed by atoms with E-state index in [-0.39, 0.29) is 47.7 Å². The van der Waals surface area contributed by atoms with Crippen LogP contribution in [0.2, 0.25) is 20.3 Å². The van der Waals surface area contributed by atoms with Crippen LogP contribution < -0.4 is 10.6 Å². The van der Waals surface area contributed by atoms with Crippen molar-refractivity contribution in [3.8, 4) is 11.3 Å². The number of aliphatic hydroxyl groups is 2. The minimum atomic E-state index is -0.779.